The van der Waals surface area contributed by atoms with Crippen molar-refractivity contribution in [2.45, 2.75) is 6.04 Å². The van der Waals surface area contributed by atoms with Crippen LogP contribution in [0.2, 0.25) is 0 Å². The van der Waals surface area contributed by atoms with E-state index in [1.54, 1.807) is 0 Å². The second kappa shape index (κ2) is 13.0. The van der Waals surface area contributed by atoms with Gasteiger partial charge in [-0.3, -0.25) is 4.57 Å². The van der Waals surface area contributed by atoms with Crippen LogP contribution >= 0.6 is 0 Å². The molecule has 2 aliphatic rings. The summed E-state index contributed by atoms with van der Waals surface area (Å²) in [5.41, 5.74) is 13.1. The number of nitrogens with zero attached hydrogens (tertiary/aromatic N) is 3. The Kier molecular flexibility index (Phi) is 7.54. The minimum absolute atomic E-state index is 0.0149. The Morgan fingerprint density at radius 1 is 0.566 bits per heavy atom. The molecule has 8 aromatic rings. The Bertz CT molecular complexity index is 2710. The number of benzene rings is 7. The third-order valence-corrected chi connectivity index (χ3v) is 10.3. The molecule has 0 radical (unpaired) electrons. The predicted octanol–water partition coefficient (Wildman–Crippen LogP) is 11.1. The number of amidine groups is 1. The summed E-state index contributed by atoms with van der Waals surface area (Å²) in [4.78, 5) is 10.5. The van der Waals surface area contributed by atoms with E-state index in [0.29, 0.717) is 0 Å². The van der Waals surface area contributed by atoms with E-state index >= 15 is 0 Å². The highest BCUT2D eigenvalue weighted by Gasteiger charge is 2.23. The fraction of sp³-hybridized carbons (Fsp3) is 0.0417. The van der Waals surface area contributed by atoms with Crippen LogP contribution in [0.15, 0.2) is 181 Å². The first-order valence-corrected chi connectivity index (χ1v) is 18.1. The first-order chi connectivity index (χ1) is 26.3. The zero-order valence-corrected chi connectivity index (χ0v) is 28.9. The molecule has 0 amide bonds. The van der Waals surface area contributed by atoms with Crippen molar-refractivity contribution in [3.8, 4) is 28.2 Å². The van der Waals surface area contributed by atoms with Crippen LogP contribution in [0.1, 0.15) is 28.3 Å². The summed E-state index contributed by atoms with van der Waals surface area (Å²) >= 11 is 0. The van der Waals surface area contributed by atoms with Crippen molar-refractivity contribution in [1.29, 1.82) is 0 Å². The van der Waals surface area contributed by atoms with Gasteiger partial charge in [-0.1, -0.05) is 164 Å². The molecule has 1 unspecified atom stereocenters. The van der Waals surface area contributed by atoms with Crippen molar-refractivity contribution in [2.75, 3.05) is 11.9 Å². The van der Waals surface area contributed by atoms with Gasteiger partial charge in [0, 0.05) is 39.7 Å². The van der Waals surface area contributed by atoms with Crippen LogP contribution in [-0.2, 0) is 0 Å². The van der Waals surface area contributed by atoms with Crippen LogP contribution < -0.4 is 10.6 Å². The lowest BCUT2D eigenvalue weighted by atomic mass is 9.98. The van der Waals surface area contributed by atoms with E-state index in [1.165, 1.54) is 16.3 Å². The molecule has 0 fully saturated rings. The average molecular weight is 682 g/mol. The molecule has 2 N–H and O–H groups in total. The normalized spacial score (nSPS) is 15.0. The first kappa shape index (κ1) is 30.8. The van der Waals surface area contributed by atoms with Gasteiger partial charge in [-0.25, -0.2) is 9.98 Å². The van der Waals surface area contributed by atoms with E-state index in [1.807, 2.05) is 6.07 Å². The number of nitrogens with one attached hydrogen (secondary N) is 2. The molecule has 7 aromatic carbocycles. The molecular weight excluding hydrogens is 647 g/mol. The second-order valence-corrected chi connectivity index (χ2v) is 13.5. The predicted molar refractivity (Wildman–Crippen MR) is 220 cm³/mol. The molecule has 0 saturated heterocycles. The number of aromatic nitrogens is 2. The Labute approximate surface area is 308 Å². The maximum atomic E-state index is 5.36. The molecular formula is C48H35N5. The third kappa shape index (κ3) is 5.51. The molecule has 0 aliphatic carbocycles. The van der Waals surface area contributed by atoms with E-state index in [9.17, 15) is 0 Å². The van der Waals surface area contributed by atoms with E-state index < -0.39 is 0 Å². The molecule has 1 aromatic heterocycles. The SMILES string of the molecule is C1=Cc2c(c3ccccc3c3c2nc(-c2ccccc2)n3-c2ccc(-c3ccc(C4=CC(c5ccccc5)NC(c5ccccc5)=N4)cc3)cc2)NC1. The summed E-state index contributed by atoms with van der Waals surface area (Å²) in [6, 6.07) is 57.7. The molecule has 2 aliphatic heterocycles. The van der Waals surface area contributed by atoms with Crippen molar-refractivity contribution in [3.63, 3.8) is 0 Å². The van der Waals surface area contributed by atoms with E-state index in [-0.39, 0.29) is 6.04 Å². The van der Waals surface area contributed by atoms with Crippen LogP contribution in [-0.4, -0.2) is 21.9 Å². The zero-order chi connectivity index (χ0) is 35.1. The van der Waals surface area contributed by atoms with Gasteiger partial charge in [0.2, 0.25) is 0 Å². The van der Waals surface area contributed by atoms with Crippen LogP contribution in [0.3, 0.4) is 0 Å². The van der Waals surface area contributed by atoms with Crippen LogP contribution in [0.5, 0.6) is 0 Å². The topological polar surface area (TPSA) is 54.2 Å². The molecule has 5 heteroatoms. The first-order valence-electron chi connectivity index (χ1n) is 18.1. The zero-order valence-electron chi connectivity index (χ0n) is 28.9. The second-order valence-electron chi connectivity index (χ2n) is 13.5. The standard InChI is InChI=1S/C48H35N5/c1-4-13-34(14-5-1)42-31-43(51-47(50-42)36-15-6-2-7-16-36)35-24-22-32(23-25-35)33-26-28-38(29-27-33)53-46-40-20-11-10-19-39(40)44-41(21-12-30-49-44)45(46)52-48(53)37-17-8-3-9-18-37/h1-29,31,42,49H,30H2,(H,50,51). The van der Waals surface area contributed by atoms with Crippen LogP contribution in [0.4, 0.5) is 5.69 Å². The fourth-order valence-electron chi connectivity index (χ4n) is 7.67. The Morgan fingerprint density at radius 3 is 1.89 bits per heavy atom. The van der Waals surface area contributed by atoms with Gasteiger partial charge in [-0.15, -0.1) is 0 Å². The Hall–Kier alpha value is -6.98. The Morgan fingerprint density at radius 2 is 1.17 bits per heavy atom. The van der Waals surface area contributed by atoms with Crippen molar-refractivity contribution in [2.24, 2.45) is 4.99 Å². The number of aliphatic imine (C=N–C) groups is 1. The highest BCUT2D eigenvalue weighted by atomic mass is 15.1. The number of rotatable bonds is 6. The average Bonchev–Trinajstić information content (AvgIpc) is 3.66. The smallest absolute Gasteiger partial charge is 0.145 e. The summed E-state index contributed by atoms with van der Waals surface area (Å²) in [6.07, 6.45) is 6.61. The summed E-state index contributed by atoms with van der Waals surface area (Å²) in [7, 11) is 0. The molecule has 1 atom stereocenters. The van der Waals surface area contributed by atoms with Gasteiger partial charge in [0.25, 0.3) is 0 Å². The van der Waals surface area contributed by atoms with Crippen molar-refractivity contribution in [1.82, 2.24) is 14.9 Å². The summed E-state index contributed by atoms with van der Waals surface area (Å²) in [6.45, 7) is 0.808. The molecule has 252 valence electrons. The monoisotopic (exact) mass is 681 g/mol. The molecule has 0 spiro atoms. The lowest BCUT2D eigenvalue weighted by Gasteiger charge is -2.24. The largest absolute Gasteiger partial charge is 0.381 e. The number of hydrogen-bond acceptors (Lipinski definition) is 4. The molecule has 5 nitrogen and oxygen atoms in total. The highest BCUT2D eigenvalue weighted by molar-refractivity contribution is 6.16. The van der Waals surface area contributed by atoms with Crippen molar-refractivity contribution >= 4 is 45.1 Å². The molecule has 10 rings (SSSR count). The molecule has 53 heavy (non-hydrogen) atoms. The van der Waals surface area contributed by atoms with E-state index in [4.69, 9.17) is 9.98 Å². The summed E-state index contributed by atoms with van der Waals surface area (Å²) in [5.74, 6) is 1.80. The number of hydrogen-bond donors (Lipinski definition) is 2. The van der Waals surface area contributed by atoms with Gasteiger partial charge >= 0.3 is 0 Å². The fourth-order valence-corrected chi connectivity index (χ4v) is 7.67. The number of fused-ring (bicyclic) bond motifs is 6. The maximum absolute atomic E-state index is 5.36. The minimum atomic E-state index is 0.0149. The third-order valence-electron chi connectivity index (χ3n) is 10.3. The van der Waals surface area contributed by atoms with Crippen LogP contribution in [0, 0.1) is 0 Å². The minimum Gasteiger partial charge on any atom is -0.381 e. The number of anilines is 1. The van der Waals surface area contributed by atoms with Gasteiger partial charge < -0.3 is 10.6 Å². The van der Waals surface area contributed by atoms with Gasteiger partial charge in [-0.05, 0) is 40.5 Å². The molecule has 0 saturated carbocycles. The van der Waals surface area contributed by atoms with Gasteiger partial charge in [0.15, 0.2) is 0 Å². The lowest BCUT2D eigenvalue weighted by molar-refractivity contribution is 0.781. The molecule has 0 bridgehead atoms. The van der Waals surface area contributed by atoms with E-state index in [0.717, 1.165) is 79.7 Å². The van der Waals surface area contributed by atoms with Crippen LogP contribution in [0.25, 0.3) is 61.8 Å². The highest BCUT2D eigenvalue weighted by Crippen LogP contribution is 2.42. The number of imidazole rings is 1. The van der Waals surface area contributed by atoms with E-state index in [2.05, 4.69) is 191 Å². The quantitative estimate of drug-likeness (QED) is 0.184. The van der Waals surface area contributed by atoms with Crippen molar-refractivity contribution < 1.29 is 0 Å². The van der Waals surface area contributed by atoms with Crippen molar-refractivity contribution in [3.05, 3.63) is 198 Å². The van der Waals surface area contributed by atoms with Gasteiger partial charge in [0.05, 0.1) is 28.5 Å². The molecule has 3 heterocycles. The van der Waals surface area contributed by atoms with Gasteiger partial charge in [-0.2, -0.15) is 0 Å². The van der Waals surface area contributed by atoms with Gasteiger partial charge in [0.1, 0.15) is 11.7 Å². The summed E-state index contributed by atoms with van der Waals surface area (Å²) in [5, 5.41) is 9.66. The lowest BCUT2D eigenvalue weighted by Crippen LogP contribution is -2.31. The maximum Gasteiger partial charge on any atom is 0.145 e. The summed E-state index contributed by atoms with van der Waals surface area (Å²) < 4.78 is 2.33. The Balaban J connectivity index is 1.04.